The standard InChI is InChI=1S/C26H26F2N6O3.C2H6.H2S/c1-26(2,3)37-25(35)32-16-11-17(12-16)34-24-21(23(29)30-13-31-24)22(33-34)14-4-7-18(8-5-14)36-20-9-6-15(27)10-19(20)28;1-2;/h4-10,13,16-17H,11-12H2,1-3H3,(H,32,35)(H2,29,30,31);1-2H3;1H2. The van der Waals surface area contributed by atoms with E-state index in [9.17, 15) is 13.6 Å². The van der Waals surface area contributed by atoms with Gasteiger partial charge in [-0.25, -0.2) is 28.2 Å². The number of hydrogen-bond donors (Lipinski definition) is 2. The van der Waals surface area contributed by atoms with Gasteiger partial charge >= 0.3 is 6.09 Å². The van der Waals surface area contributed by atoms with Gasteiger partial charge in [-0.3, -0.25) is 0 Å². The van der Waals surface area contributed by atoms with E-state index in [4.69, 9.17) is 20.3 Å². The zero-order valence-corrected chi connectivity index (χ0v) is 24.0. The molecule has 2 aromatic heterocycles. The van der Waals surface area contributed by atoms with Crippen LogP contribution in [0.2, 0.25) is 0 Å². The number of carbonyl (C=O) groups excluding carboxylic acids is 1. The Bertz CT molecular complexity index is 1470. The van der Waals surface area contributed by atoms with Crippen molar-refractivity contribution >= 4 is 36.4 Å². The van der Waals surface area contributed by atoms with E-state index in [1.807, 2.05) is 39.3 Å². The van der Waals surface area contributed by atoms with E-state index in [-0.39, 0.29) is 31.3 Å². The molecule has 2 aromatic carbocycles. The van der Waals surface area contributed by atoms with Crippen molar-refractivity contribution in [2.75, 3.05) is 5.73 Å². The van der Waals surface area contributed by atoms with Crippen molar-refractivity contribution in [2.24, 2.45) is 0 Å². The van der Waals surface area contributed by atoms with Crippen molar-refractivity contribution in [1.82, 2.24) is 25.1 Å². The molecule has 1 aliphatic carbocycles. The van der Waals surface area contributed by atoms with Crippen LogP contribution in [-0.2, 0) is 4.74 Å². The molecule has 9 nitrogen and oxygen atoms in total. The second kappa shape index (κ2) is 12.5. The summed E-state index contributed by atoms with van der Waals surface area (Å²) in [5.74, 6) is -0.888. The first-order valence-electron chi connectivity index (χ1n) is 12.8. The molecule has 1 aliphatic rings. The third kappa shape index (κ3) is 6.79. The Hall–Kier alpha value is -3.93. The van der Waals surface area contributed by atoms with Crippen LogP contribution in [-0.4, -0.2) is 37.5 Å². The van der Waals surface area contributed by atoms with Crippen molar-refractivity contribution in [3.63, 3.8) is 0 Å². The molecule has 1 amide bonds. The highest BCUT2D eigenvalue weighted by Gasteiger charge is 2.35. The lowest BCUT2D eigenvalue weighted by Crippen LogP contribution is -2.46. The van der Waals surface area contributed by atoms with Gasteiger partial charge in [-0.1, -0.05) is 13.8 Å². The van der Waals surface area contributed by atoms with Gasteiger partial charge in [0.25, 0.3) is 0 Å². The third-order valence-corrected chi connectivity index (χ3v) is 5.95. The molecule has 0 radical (unpaired) electrons. The van der Waals surface area contributed by atoms with Crippen LogP contribution in [0.5, 0.6) is 11.5 Å². The molecule has 1 saturated carbocycles. The van der Waals surface area contributed by atoms with Crippen molar-refractivity contribution in [3.05, 3.63) is 60.4 Å². The molecule has 12 heteroatoms. The van der Waals surface area contributed by atoms with E-state index < -0.39 is 23.3 Å². The van der Waals surface area contributed by atoms with Gasteiger partial charge in [0.1, 0.15) is 35.0 Å². The molecule has 0 spiro atoms. The summed E-state index contributed by atoms with van der Waals surface area (Å²) >= 11 is 0. The Kier molecular flexibility index (Phi) is 9.56. The molecule has 0 saturated heterocycles. The summed E-state index contributed by atoms with van der Waals surface area (Å²) in [5, 5.41) is 8.30. The second-order valence-corrected chi connectivity index (χ2v) is 9.92. The summed E-state index contributed by atoms with van der Waals surface area (Å²) in [6.45, 7) is 9.45. The van der Waals surface area contributed by atoms with Crippen LogP contribution in [0.3, 0.4) is 0 Å². The average Bonchev–Trinajstić information content (AvgIpc) is 3.24. The summed E-state index contributed by atoms with van der Waals surface area (Å²) in [4.78, 5) is 20.6. The molecule has 2 heterocycles. The smallest absolute Gasteiger partial charge is 0.407 e. The summed E-state index contributed by atoms with van der Waals surface area (Å²) in [5.41, 5.74) is 7.56. The number of nitrogens with one attached hydrogen (secondary N) is 1. The van der Waals surface area contributed by atoms with E-state index in [1.165, 1.54) is 12.4 Å². The average molecular weight is 573 g/mol. The van der Waals surface area contributed by atoms with Gasteiger partial charge < -0.3 is 20.5 Å². The number of anilines is 1. The maximum absolute atomic E-state index is 14.0. The van der Waals surface area contributed by atoms with E-state index >= 15 is 0 Å². The predicted molar refractivity (Wildman–Crippen MR) is 155 cm³/mol. The van der Waals surface area contributed by atoms with Gasteiger partial charge in [0.15, 0.2) is 17.2 Å². The number of nitrogen functional groups attached to an aromatic ring is 1. The number of fused-ring (bicyclic) bond motifs is 1. The Morgan fingerprint density at radius 1 is 1.07 bits per heavy atom. The lowest BCUT2D eigenvalue weighted by molar-refractivity contribution is 0.0454. The van der Waals surface area contributed by atoms with Gasteiger partial charge in [0.05, 0.1) is 11.4 Å². The topological polar surface area (TPSA) is 117 Å². The Morgan fingerprint density at radius 2 is 1.75 bits per heavy atom. The van der Waals surface area contributed by atoms with Gasteiger partial charge in [-0.05, 0) is 70.0 Å². The van der Waals surface area contributed by atoms with Crippen molar-refractivity contribution in [1.29, 1.82) is 0 Å². The van der Waals surface area contributed by atoms with Gasteiger partial charge in [-0.15, -0.1) is 0 Å². The van der Waals surface area contributed by atoms with Gasteiger partial charge in [-0.2, -0.15) is 18.6 Å². The van der Waals surface area contributed by atoms with Crippen LogP contribution in [0.25, 0.3) is 22.3 Å². The quantitative estimate of drug-likeness (QED) is 0.280. The number of ether oxygens (including phenoxy) is 2. The maximum Gasteiger partial charge on any atom is 0.407 e. The molecule has 3 N–H and O–H groups in total. The summed E-state index contributed by atoms with van der Waals surface area (Å²) in [6.07, 6.45) is 2.27. The number of nitrogens with zero attached hydrogens (tertiary/aromatic N) is 4. The molecule has 40 heavy (non-hydrogen) atoms. The van der Waals surface area contributed by atoms with Crippen LogP contribution in [0.4, 0.5) is 19.4 Å². The summed E-state index contributed by atoms with van der Waals surface area (Å²) in [7, 11) is 0. The molecule has 0 bridgehead atoms. The minimum absolute atomic E-state index is 0. The number of amides is 1. The monoisotopic (exact) mass is 572 g/mol. The largest absolute Gasteiger partial charge is 0.454 e. The zero-order chi connectivity index (χ0) is 28.3. The molecule has 0 unspecified atom stereocenters. The number of carbonyl (C=O) groups is 1. The molecule has 5 rings (SSSR count). The lowest BCUT2D eigenvalue weighted by atomic mass is 9.87. The highest BCUT2D eigenvalue weighted by Crippen LogP contribution is 2.38. The predicted octanol–water partition coefficient (Wildman–Crippen LogP) is 6.51. The normalized spacial score (nSPS) is 16.2. The van der Waals surface area contributed by atoms with Crippen molar-refractivity contribution < 1.29 is 23.0 Å². The minimum Gasteiger partial charge on any atom is -0.454 e. The van der Waals surface area contributed by atoms with E-state index in [0.717, 1.165) is 17.7 Å². The van der Waals surface area contributed by atoms with E-state index in [0.29, 0.717) is 41.1 Å². The first-order chi connectivity index (χ1) is 18.6. The van der Waals surface area contributed by atoms with Gasteiger partial charge in [0.2, 0.25) is 0 Å². The SMILES string of the molecule is CC.CC(C)(C)OC(=O)NC1CC(n2nc(-c3ccc(Oc4ccc(F)cc4F)cc3)c3c(N)ncnc32)C1.S. The number of halogens is 2. The summed E-state index contributed by atoms with van der Waals surface area (Å²) < 4.78 is 39.8. The zero-order valence-electron chi connectivity index (χ0n) is 23.0. The minimum atomic E-state index is -0.793. The van der Waals surface area contributed by atoms with Crippen LogP contribution in [0, 0.1) is 11.6 Å². The fraction of sp³-hybridized carbons (Fsp3) is 0.357. The fourth-order valence-electron chi connectivity index (χ4n) is 4.20. The molecule has 1 fully saturated rings. The molecular formula is C28H34F2N6O3S. The number of hydrogen-bond acceptors (Lipinski definition) is 7. The van der Waals surface area contributed by atoms with E-state index in [1.54, 1.807) is 24.3 Å². The van der Waals surface area contributed by atoms with Crippen molar-refractivity contribution in [2.45, 2.75) is 65.1 Å². The Labute approximate surface area is 238 Å². The fourth-order valence-corrected chi connectivity index (χ4v) is 4.20. The number of alkyl carbamates (subject to hydrolysis) is 1. The number of rotatable bonds is 5. The second-order valence-electron chi connectivity index (χ2n) is 9.92. The highest BCUT2D eigenvalue weighted by atomic mass is 32.1. The maximum atomic E-state index is 14.0. The van der Waals surface area contributed by atoms with Crippen LogP contribution < -0.4 is 15.8 Å². The third-order valence-electron chi connectivity index (χ3n) is 5.95. The molecular weight excluding hydrogens is 538 g/mol. The Morgan fingerprint density at radius 3 is 2.38 bits per heavy atom. The summed E-state index contributed by atoms with van der Waals surface area (Å²) in [6, 6.07) is 9.95. The number of benzene rings is 2. The highest BCUT2D eigenvalue weighted by molar-refractivity contribution is 7.59. The lowest BCUT2D eigenvalue weighted by Gasteiger charge is -2.36. The van der Waals surface area contributed by atoms with Gasteiger partial charge in [0, 0.05) is 17.7 Å². The van der Waals surface area contributed by atoms with E-state index in [2.05, 4.69) is 15.3 Å². The first kappa shape index (κ1) is 30.6. The van der Waals surface area contributed by atoms with Crippen molar-refractivity contribution in [3.8, 4) is 22.8 Å². The molecule has 4 aromatic rings. The number of aromatic nitrogens is 4. The van der Waals surface area contributed by atoms with Crippen LogP contribution >= 0.6 is 13.5 Å². The molecule has 0 aliphatic heterocycles. The number of nitrogens with two attached hydrogens (primary N) is 1. The Balaban J connectivity index is 0.00000144. The van der Waals surface area contributed by atoms with Crippen LogP contribution in [0.1, 0.15) is 53.5 Å². The molecule has 214 valence electrons. The van der Waals surface area contributed by atoms with Crippen LogP contribution in [0.15, 0.2) is 48.8 Å². The molecule has 0 atom stereocenters. The first-order valence-corrected chi connectivity index (χ1v) is 12.8.